The summed E-state index contributed by atoms with van der Waals surface area (Å²) < 4.78 is 24.6. The molecule has 1 N–H and O–H groups in total. The average Bonchev–Trinajstić information content (AvgIpc) is 2.02. The third kappa shape index (κ3) is 22.4. The first-order valence-electron chi connectivity index (χ1n) is 3.41. The maximum atomic E-state index is 10.3. The van der Waals surface area contributed by atoms with Crippen LogP contribution in [0.3, 0.4) is 0 Å². The Bertz CT molecular complexity index is 221. The van der Waals surface area contributed by atoms with Crippen LogP contribution in [0.2, 0.25) is 0 Å². The molecule has 0 atom stereocenters. The monoisotopic (exact) mass is 208 g/mol. The van der Waals surface area contributed by atoms with Gasteiger partial charge in [-0.1, -0.05) is 6.58 Å². The fourth-order valence-electron chi connectivity index (χ4n) is 0.298. The van der Waals surface area contributed by atoms with Gasteiger partial charge in [0.2, 0.25) is 0 Å². The van der Waals surface area contributed by atoms with Gasteiger partial charge in [-0.3, -0.25) is 4.79 Å². The summed E-state index contributed by atoms with van der Waals surface area (Å²) in [5, 5.41) is 8.08. The van der Waals surface area contributed by atoms with E-state index in [0.29, 0.717) is 0 Å². The molecule has 0 aliphatic rings. The van der Waals surface area contributed by atoms with E-state index < -0.39 is 18.0 Å². The highest BCUT2D eigenvalue weighted by Crippen LogP contribution is 1.85. The number of halogens is 2. The van der Waals surface area contributed by atoms with E-state index in [1.54, 1.807) is 0 Å². The van der Waals surface area contributed by atoms with E-state index in [-0.39, 0.29) is 13.0 Å². The number of hydrogen-bond acceptors (Lipinski definition) is 3. The molecule has 0 aromatic carbocycles. The van der Waals surface area contributed by atoms with Gasteiger partial charge in [0.05, 0.1) is 6.42 Å². The van der Waals surface area contributed by atoms with Gasteiger partial charge in [-0.05, 0) is 6.58 Å². The van der Waals surface area contributed by atoms with E-state index in [4.69, 9.17) is 5.11 Å². The van der Waals surface area contributed by atoms with Crippen LogP contribution in [0.4, 0.5) is 8.78 Å². The van der Waals surface area contributed by atoms with Gasteiger partial charge in [0.15, 0.2) is 0 Å². The van der Waals surface area contributed by atoms with Crippen molar-refractivity contribution in [2.24, 2.45) is 0 Å². The van der Waals surface area contributed by atoms with Crippen molar-refractivity contribution in [2.45, 2.75) is 6.42 Å². The molecule has 0 saturated heterocycles. The van der Waals surface area contributed by atoms with Gasteiger partial charge >= 0.3 is 11.9 Å². The first kappa shape index (κ1) is 14.8. The maximum Gasteiger partial charge on any atom is 0.330 e. The number of hydrogen-bond donors (Lipinski definition) is 1. The molecule has 0 spiro atoms. The summed E-state index contributed by atoms with van der Waals surface area (Å²) in [6.07, 6.45) is -1.01. The lowest BCUT2D eigenvalue weighted by atomic mass is 10.5. The Morgan fingerprint density at radius 2 is 1.86 bits per heavy atom. The number of rotatable bonds is 4. The molecule has 0 saturated carbocycles. The van der Waals surface area contributed by atoms with Crippen molar-refractivity contribution in [3.8, 4) is 0 Å². The lowest BCUT2D eigenvalue weighted by Gasteiger charge is -1.96. The molecular weight excluding hydrogens is 198 g/mol. The molecule has 0 aromatic rings. The minimum absolute atomic E-state index is 0.0970. The number of carboxylic acids is 1. The quantitative estimate of drug-likeness (QED) is 0.562. The number of aliphatic carboxylic acids is 1. The number of carboxylic acid groups (broad SMARTS) is 1. The van der Waals surface area contributed by atoms with Crippen molar-refractivity contribution in [1.82, 2.24) is 0 Å². The molecule has 4 nitrogen and oxygen atoms in total. The van der Waals surface area contributed by atoms with Crippen molar-refractivity contribution in [1.29, 1.82) is 0 Å². The Kier molecular flexibility index (Phi) is 9.89. The Balaban J connectivity index is 0. The van der Waals surface area contributed by atoms with Crippen LogP contribution in [0.15, 0.2) is 25.3 Å². The third-order valence-corrected chi connectivity index (χ3v) is 0.727. The third-order valence-electron chi connectivity index (χ3n) is 0.727. The normalized spacial score (nSPS) is 7.86. The molecule has 0 radical (unpaired) electrons. The summed E-state index contributed by atoms with van der Waals surface area (Å²) in [5.74, 6) is -1.59. The van der Waals surface area contributed by atoms with Gasteiger partial charge in [0, 0.05) is 6.08 Å². The van der Waals surface area contributed by atoms with Crippen molar-refractivity contribution >= 4 is 11.9 Å². The number of carbonyl (C=O) groups excluding carboxylic acids is 1. The zero-order valence-corrected chi connectivity index (χ0v) is 7.33. The summed E-state index contributed by atoms with van der Waals surface area (Å²) in [6.45, 7) is 5.26. The van der Waals surface area contributed by atoms with Gasteiger partial charge in [0.25, 0.3) is 6.08 Å². The molecule has 0 bridgehead atoms. The second-order valence-electron chi connectivity index (χ2n) is 1.85. The molecule has 0 heterocycles. The lowest BCUT2D eigenvalue weighted by Crippen LogP contribution is -2.06. The maximum absolute atomic E-state index is 10.3. The van der Waals surface area contributed by atoms with E-state index in [2.05, 4.69) is 17.9 Å². The van der Waals surface area contributed by atoms with Crippen LogP contribution in [-0.2, 0) is 14.3 Å². The van der Waals surface area contributed by atoms with Crippen LogP contribution in [0.25, 0.3) is 0 Å². The Labute approximate surface area is 79.5 Å². The van der Waals surface area contributed by atoms with Crippen molar-refractivity contribution in [3.63, 3.8) is 0 Å². The Morgan fingerprint density at radius 1 is 1.43 bits per heavy atom. The molecule has 80 valence electrons. The van der Waals surface area contributed by atoms with Crippen LogP contribution < -0.4 is 0 Å². The van der Waals surface area contributed by atoms with Crippen molar-refractivity contribution in [3.05, 3.63) is 25.3 Å². The molecule has 14 heavy (non-hydrogen) atoms. The van der Waals surface area contributed by atoms with E-state index in [0.717, 1.165) is 6.08 Å². The zero-order chi connectivity index (χ0) is 11.6. The fourth-order valence-corrected chi connectivity index (χ4v) is 0.298. The molecule has 0 aromatic heterocycles. The molecular formula is C8H10F2O4. The van der Waals surface area contributed by atoms with E-state index in [9.17, 15) is 18.4 Å². The molecule has 0 aliphatic heterocycles. The minimum Gasteiger partial charge on any atom is -0.481 e. The SMILES string of the molecule is C=C(F)F.C=CC(=O)OCCC(=O)O. The number of ether oxygens (including phenoxy) is 1. The van der Waals surface area contributed by atoms with E-state index >= 15 is 0 Å². The van der Waals surface area contributed by atoms with Gasteiger partial charge in [0.1, 0.15) is 6.61 Å². The molecule has 0 rings (SSSR count). The van der Waals surface area contributed by atoms with Crippen LogP contribution in [-0.4, -0.2) is 23.7 Å². The van der Waals surface area contributed by atoms with Crippen molar-refractivity contribution in [2.75, 3.05) is 6.61 Å². The second-order valence-corrected chi connectivity index (χ2v) is 1.85. The average molecular weight is 208 g/mol. The molecule has 0 unspecified atom stereocenters. The standard InChI is InChI=1S/C6H8O4.C2H2F2/c1-2-6(9)10-4-3-5(7)8;1-2(3)4/h2H,1,3-4H2,(H,7,8);1H2. The fraction of sp³-hybridized carbons (Fsp3) is 0.250. The van der Waals surface area contributed by atoms with Gasteiger partial charge < -0.3 is 9.84 Å². The van der Waals surface area contributed by atoms with Gasteiger partial charge in [-0.2, -0.15) is 8.78 Å². The summed E-state index contributed by atoms with van der Waals surface area (Å²) in [6, 6.07) is 0. The van der Waals surface area contributed by atoms with Crippen LogP contribution in [0, 0.1) is 0 Å². The smallest absolute Gasteiger partial charge is 0.330 e. The topological polar surface area (TPSA) is 63.6 Å². The highest BCUT2D eigenvalue weighted by Gasteiger charge is 1.98. The van der Waals surface area contributed by atoms with Crippen LogP contribution in [0.1, 0.15) is 6.42 Å². The molecule has 0 fully saturated rings. The number of carbonyl (C=O) groups is 2. The van der Waals surface area contributed by atoms with Crippen LogP contribution >= 0.6 is 0 Å². The largest absolute Gasteiger partial charge is 0.481 e. The Morgan fingerprint density at radius 3 is 2.14 bits per heavy atom. The van der Waals surface area contributed by atoms with Gasteiger partial charge in [-0.25, -0.2) is 4.79 Å². The van der Waals surface area contributed by atoms with Crippen LogP contribution in [0.5, 0.6) is 0 Å². The first-order valence-corrected chi connectivity index (χ1v) is 3.41. The summed E-state index contributed by atoms with van der Waals surface area (Å²) >= 11 is 0. The Hall–Kier alpha value is -1.72. The number of esters is 1. The van der Waals surface area contributed by atoms with Crippen molar-refractivity contribution < 1.29 is 28.2 Å². The lowest BCUT2D eigenvalue weighted by molar-refractivity contribution is -0.142. The zero-order valence-electron chi connectivity index (χ0n) is 7.33. The molecule has 6 heteroatoms. The van der Waals surface area contributed by atoms with Gasteiger partial charge in [-0.15, -0.1) is 0 Å². The summed E-state index contributed by atoms with van der Waals surface area (Å²) in [4.78, 5) is 20.1. The predicted molar refractivity (Wildman–Crippen MR) is 44.8 cm³/mol. The molecule has 0 aliphatic carbocycles. The second kappa shape index (κ2) is 9.37. The highest BCUT2D eigenvalue weighted by atomic mass is 19.3. The predicted octanol–water partition coefficient (Wildman–Crippen LogP) is 1.59. The van der Waals surface area contributed by atoms with E-state index in [1.165, 1.54) is 0 Å². The summed E-state index contributed by atoms with van der Waals surface area (Å²) in [7, 11) is 0. The molecule has 0 amide bonds. The van der Waals surface area contributed by atoms with E-state index in [1.807, 2.05) is 0 Å². The summed E-state index contributed by atoms with van der Waals surface area (Å²) in [5.41, 5.74) is 0. The highest BCUT2D eigenvalue weighted by molar-refractivity contribution is 5.81. The first-order chi connectivity index (χ1) is 6.40. The minimum atomic E-state index is -1.83.